The number of carbonyl (C=O) groups is 1. The molecule has 1 aromatic carbocycles. The Morgan fingerprint density at radius 1 is 1.25 bits per heavy atom. The lowest BCUT2D eigenvalue weighted by Crippen LogP contribution is -2.06. The highest BCUT2D eigenvalue weighted by molar-refractivity contribution is 5.70. The maximum Gasteiger partial charge on any atom is 0.307 e. The van der Waals surface area contributed by atoms with Crippen LogP contribution in [0.5, 0.6) is 0 Å². The predicted molar refractivity (Wildman–Crippen MR) is 59.3 cm³/mol. The first-order valence-electron chi connectivity index (χ1n) is 5.09. The van der Waals surface area contributed by atoms with Crippen molar-refractivity contribution in [2.75, 3.05) is 20.3 Å². The number of ether oxygens (including phenoxy) is 2. The van der Waals surface area contributed by atoms with E-state index in [1.165, 1.54) is 0 Å². The number of aliphatic carboxylic acids is 1. The second-order valence-corrected chi connectivity index (χ2v) is 3.38. The Labute approximate surface area is 94.8 Å². The lowest BCUT2D eigenvalue weighted by molar-refractivity contribution is -0.136. The van der Waals surface area contributed by atoms with Crippen molar-refractivity contribution >= 4 is 5.97 Å². The van der Waals surface area contributed by atoms with E-state index in [1.807, 2.05) is 24.3 Å². The monoisotopic (exact) mass is 224 g/mol. The second-order valence-electron chi connectivity index (χ2n) is 3.38. The van der Waals surface area contributed by atoms with Crippen molar-refractivity contribution in [2.24, 2.45) is 0 Å². The molecule has 1 N–H and O–H groups in total. The molecule has 0 spiro atoms. The lowest BCUT2D eigenvalue weighted by atomic mass is 10.1. The predicted octanol–water partition coefficient (Wildman–Crippen LogP) is 1.48. The summed E-state index contributed by atoms with van der Waals surface area (Å²) in [6, 6.07) is 7.39. The summed E-state index contributed by atoms with van der Waals surface area (Å²) < 4.78 is 10.2. The average Bonchev–Trinajstić information content (AvgIpc) is 2.26. The van der Waals surface area contributed by atoms with Crippen molar-refractivity contribution in [1.29, 1.82) is 0 Å². The molecule has 0 aromatic heterocycles. The maximum atomic E-state index is 10.6. The molecular weight excluding hydrogens is 208 g/mol. The quantitative estimate of drug-likeness (QED) is 0.713. The molecule has 0 saturated heterocycles. The first-order chi connectivity index (χ1) is 7.74. The van der Waals surface area contributed by atoms with Gasteiger partial charge in [0.15, 0.2) is 0 Å². The molecule has 16 heavy (non-hydrogen) atoms. The Kier molecular flexibility index (Phi) is 5.53. The third-order valence-corrected chi connectivity index (χ3v) is 2.15. The third kappa shape index (κ3) is 4.42. The highest BCUT2D eigenvalue weighted by atomic mass is 16.5. The van der Waals surface area contributed by atoms with Gasteiger partial charge >= 0.3 is 5.97 Å². The van der Waals surface area contributed by atoms with E-state index in [1.54, 1.807) is 7.11 Å². The normalized spacial score (nSPS) is 10.3. The number of hydrogen-bond acceptors (Lipinski definition) is 3. The molecule has 0 saturated carbocycles. The van der Waals surface area contributed by atoms with Crippen LogP contribution in [0.15, 0.2) is 24.3 Å². The summed E-state index contributed by atoms with van der Waals surface area (Å²) in [5.41, 5.74) is 1.72. The summed E-state index contributed by atoms with van der Waals surface area (Å²) in [4.78, 5) is 10.6. The van der Waals surface area contributed by atoms with Gasteiger partial charge in [0.2, 0.25) is 0 Å². The van der Waals surface area contributed by atoms with E-state index in [-0.39, 0.29) is 6.42 Å². The number of rotatable bonds is 7. The van der Waals surface area contributed by atoms with Gasteiger partial charge in [0, 0.05) is 7.11 Å². The number of benzene rings is 1. The fraction of sp³-hybridized carbons (Fsp3) is 0.417. The van der Waals surface area contributed by atoms with Gasteiger partial charge in [-0.1, -0.05) is 24.3 Å². The molecule has 0 atom stereocenters. The zero-order valence-electron chi connectivity index (χ0n) is 9.31. The second kappa shape index (κ2) is 6.98. The van der Waals surface area contributed by atoms with Gasteiger partial charge < -0.3 is 14.6 Å². The summed E-state index contributed by atoms with van der Waals surface area (Å²) in [5, 5.41) is 8.74. The minimum atomic E-state index is -0.829. The van der Waals surface area contributed by atoms with E-state index >= 15 is 0 Å². The largest absolute Gasteiger partial charge is 0.481 e. The number of carboxylic acid groups (broad SMARTS) is 1. The molecule has 0 bridgehead atoms. The summed E-state index contributed by atoms with van der Waals surface area (Å²) >= 11 is 0. The first-order valence-corrected chi connectivity index (χ1v) is 5.09. The van der Waals surface area contributed by atoms with E-state index in [2.05, 4.69) is 0 Å². The summed E-state index contributed by atoms with van der Waals surface area (Å²) in [5.74, 6) is -0.829. The van der Waals surface area contributed by atoms with Gasteiger partial charge in [-0.25, -0.2) is 0 Å². The lowest BCUT2D eigenvalue weighted by Gasteiger charge is -2.08. The molecule has 0 aliphatic carbocycles. The van der Waals surface area contributed by atoms with E-state index in [0.29, 0.717) is 19.8 Å². The molecule has 0 amide bonds. The van der Waals surface area contributed by atoms with E-state index in [4.69, 9.17) is 14.6 Å². The molecule has 0 heterocycles. The minimum absolute atomic E-state index is 0.0316. The molecule has 0 aliphatic heterocycles. The Morgan fingerprint density at radius 3 is 2.56 bits per heavy atom. The molecule has 4 nitrogen and oxygen atoms in total. The smallest absolute Gasteiger partial charge is 0.307 e. The Hall–Kier alpha value is -1.39. The van der Waals surface area contributed by atoms with Crippen LogP contribution in [0.3, 0.4) is 0 Å². The topological polar surface area (TPSA) is 55.8 Å². The molecule has 1 aromatic rings. The van der Waals surface area contributed by atoms with E-state index in [0.717, 1.165) is 11.1 Å². The SMILES string of the molecule is COCCOCc1ccccc1CC(=O)O. The van der Waals surface area contributed by atoms with Crippen LogP contribution in [0.2, 0.25) is 0 Å². The highest BCUT2D eigenvalue weighted by Crippen LogP contribution is 2.10. The zero-order chi connectivity index (χ0) is 11.8. The Morgan fingerprint density at radius 2 is 1.94 bits per heavy atom. The van der Waals surface area contributed by atoms with Crippen molar-refractivity contribution in [1.82, 2.24) is 0 Å². The van der Waals surface area contributed by atoms with Crippen molar-refractivity contribution in [3.05, 3.63) is 35.4 Å². The van der Waals surface area contributed by atoms with Crippen molar-refractivity contribution in [3.63, 3.8) is 0 Å². The van der Waals surface area contributed by atoms with E-state index < -0.39 is 5.97 Å². The van der Waals surface area contributed by atoms with Crippen LogP contribution in [0, 0.1) is 0 Å². The summed E-state index contributed by atoms with van der Waals surface area (Å²) in [6.07, 6.45) is 0.0316. The van der Waals surface area contributed by atoms with Crippen LogP contribution in [0.1, 0.15) is 11.1 Å². The van der Waals surface area contributed by atoms with Gasteiger partial charge in [0.25, 0.3) is 0 Å². The van der Waals surface area contributed by atoms with Crippen LogP contribution in [-0.2, 0) is 27.3 Å². The molecular formula is C12H16O4. The molecule has 4 heteroatoms. The van der Waals surface area contributed by atoms with Gasteiger partial charge in [-0.2, -0.15) is 0 Å². The minimum Gasteiger partial charge on any atom is -0.481 e. The molecule has 0 unspecified atom stereocenters. The number of hydrogen-bond donors (Lipinski definition) is 1. The third-order valence-electron chi connectivity index (χ3n) is 2.15. The molecule has 0 radical (unpaired) electrons. The van der Waals surface area contributed by atoms with Crippen molar-refractivity contribution < 1.29 is 19.4 Å². The van der Waals surface area contributed by atoms with Gasteiger partial charge in [0.05, 0.1) is 26.2 Å². The molecule has 0 fully saturated rings. The van der Waals surface area contributed by atoms with Gasteiger partial charge in [-0.3, -0.25) is 4.79 Å². The first kappa shape index (κ1) is 12.7. The standard InChI is InChI=1S/C12H16O4/c1-15-6-7-16-9-11-5-3-2-4-10(11)8-12(13)14/h2-5H,6-9H2,1H3,(H,13,14). The van der Waals surface area contributed by atoms with Crippen molar-refractivity contribution in [2.45, 2.75) is 13.0 Å². The van der Waals surface area contributed by atoms with Gasteiger partial charge in [-0.05, 0) is 11.1 Å². The van der Waals surface area contributed by atoms with Crippen molar-refractivity contribution in [3.8, 4) is 0 Å². The maximum absolute atomic E-state index is 10.6. The average molecular weight is 224 g/mol. The Bertz CT molecular complexity index is 336. The Balaban J connectivity index is 2.53. The van der Waals surface area contributed by atoms with Crippen LogP contribution >= 0.6 is 0 Å². The van der Waals surface area contributed by atoms with Crippen LogP contribution in [-0.4, -0.2) is 31.4 Å². The summed E-state index contributed by atoms with van der Waals surface area (Å²) in [7, 11) is 1.61. The summed E-state index contributed by atoms with van der Waals surface area (Å²) in [6.45, 7) is 1.48. The van der Waals surface area contributed by atoms with Crippen LogP contribution < -0.4 is 0 Å². The number of carboxylic acids is 1. The van der Waals surface area contributed by atoms with Gasteiger partial charge in [-0.15, -0.1) is 0 Å². The molecule has 0 aliphatic rings. The fourth-order valence-electron chi connectivity index (χ4n) is 1.36. The molecule has 88 valence electrons. The van der Waals surface area contributed by atoms with Gasteiger partial charge in [0.1, 0.15) is 0 Å². The fourth-order valence-corrected chi connectivity index (χ4v) is 1.36. The zero-order valence-corrected chi connectivity index (χ0v) is 9.31. The van der Waals surface area contributed by atoms with Crippen LogP contribution in [0.4, 0.5) is 0 Å². The van der Waals surface area contributed by atoms with E-state index in [9.17, 15) is 4.79 Å². The number of methoxy groups -OCH3 is 1. The molecule has 1 rings (SSSR count). The van der Waals surface area contributed by atoms with Crippen LogP contribution in [0.25, 0.3) is 0 Å². The highest BCUT2D eigenvalue weighted by Gasteiger charge is 2.05.